The molecule has 1 rings (SSSR count). The molecular weight excluding hydrogens is 478 g/mol. The van der Waals surface area contributed by atoms with Crippen LogP contribution in [0.15, 0.2) is 0 Å². The Hall–Kier alpha value is -0.570. The summed E-state index contributed by atoms with van der Waals surface area (Å²) in [5.74, 6) is 3.01. The van der Waals surface area contributed by atoms with Crippen molar-refractivity contribution in [2.45, 2.75) is 181 Å². The Bertz CT molecular complexity index is 534. The minimum atomic E-state index is -0.0215. The van der Waals surface area contributed by atoms with Crippen LogP contribution in [0.4, 0.5) is 0 Å². The van der Waals surface area contributed by atoms with Gasteiger partial charge in [-0.2, -0.15) is 0 Å². The zero-order valence-corrected chi connectivity index (χ0v) is 27.3. The first-order valence-corrected chi connectivity index (χ1v) is 17.9. The van der Waals surface area contributed by atoms with Gasteiger partial charge in [-0.1, -0.05) is 142 Å². The number of rotatable bonds is 30. The maximum Gasteiger partial charge on any atom is 0.305 e. The van der Waals surface area contributed by atoms with Gasteiger partial charge in [-0.05, 0) is 64.5 Å². The third-order valence-electron chi connectivity index (χ3n) is 9.11. The molecular formula is C36H71NO2. The van der Waals surface area contributed by atoms with Crippen molar-refractivity contribution in [2.24, 2.45) is 17.8 Å². The molecule has 1 aliphatic carbocycles. The number of unbranched alkanes of at least 4 members (excludes halogenated alkanes) is 17. The van der Waals surface area contributed by atoms with Crippen LogP contribution < -0.4 is 0 Å². The number of hydrogen-bond acceptors (Lipinski definition) is 3. The Morgan fingerprint density at radius 2 is 1.08 bits per heavy atom. The number of hydrogen-bond donors (Lipinski definition) is 0. The number of ether oxygens (including phenoxy) is 1. The average Bonchev–Trinajstić information content (AvgIpc) is 3.66. The molecule has 3 nitrogen and oxygen atoms in total. The standard InChI is InChI=1S/C36H71NO2/c1-5-7-8-9-12-16-21-26-33(32-37(3)4)27-22-17-13-10-11-14-18-23-28-34-31-35(34)29-24-19-15-20-25-30-36(38)39-6-2/h33-35H,5-32H2,1-4H3. The van der Waals surface area contributed by atoms with E-state index >= 15 is 0 Å². The number of nitrogens with zero attached hydrogens (tertiary/aromatic N) is 1. The van der Waals surface area contributed by atoms with Gasteiger partial charge in [-0.25, -0.2) is 0 Å². The van der Waals surface area contributed by atoms with Crippen molar-refractivity contribution in [2.75, 3.05) is 27.2 Å². The van der Waals surface area contributed by atoms with E-state index < -0.39 is 0 Å². The molecule has 3 unspecified atom stereocenters. The lowest BCUT2D eigenvalue weighted by atomic mass is 9.93. The molecule has 3 atom stereocenters. The number of carbonyl (C=O) groups is 1. The van der Waals surface area contributed by atoms with Crippen LogP contribution in [0.5, 0.6) is 0 Å². The van der Waals surface area contributed by atoms with Gasteiger partial charge >= 0.3 is 5.97 Å². The molecule has 0 radical (unpaired) electrons. The van der Waals surface area contributed by atoms with Crippen LogP contribution in [-0.4, -0.2) is 38.1 Å². The van der Waals surface area contributed by atoms with Gasteiger partial charge in [0.2, 0.25) is 0 Å². The molecule has 0 N–H and O–H groups in total. The van der Waals surface area contributed by atoms with E-state index in [0.717, 1.165) is 24.2 Å². The fourth-order valence-electron chi connectivity index (χ4n) is 6.59. The van der Waals surface area contributed by atoms with Crippen molar-refractivity contribution >= 4 is 5.97 Å². The fraction of sp³-hybridized carbons (Fsp3) is 0.972. The lowest BCUT2D eigenvalue weighted by Crippen LogP contribution is -2.21. The highest BCUT2D eigenvalue weighted by Gasteiger charge is 2.34. The van der Waals surface area contributed by atoms with Crippen LogP contribution in [-0.2, 0) is 9.53 Å². The summed E-state index contributed by atoms with van der Waals surface area (Å²) in [6.45, 7) is 5.99. The average molecular weight is 550 g/mol. The first-order valence-electron chi connectivity index (χ1n) is 17.9. The van der Waals surface area contributed by atoms with Crippen LogP contribution >= 0.6 is 0 Å². The third kappa shape index (κ3) is 23.8. The highest BCUT2D eigenvalue weighted by molar-refractivity contribution is 5.69. The minimum absolute atomic E-state index is 0.0215. The molecule has 1 aliphatic rings. The molecule has 1 fully saturated rings. The Balaban J connectivity index is 1.85. The second kappa shape index (κ2) is 26.3. The molecule has 0 aromatic heterocycles. The number of esters is 1. The van der Waals surface area contributed by atoms with E-state index in [2.05, 4.69) is 25.9 Å². The Morgan fingerprint density at radius 3 is 1.54 bits per heavy atom. The molecule has 0 spiro atoms. The Labute approximate surface area is 246 Å². The van der Waals surface area contributed by atoms with Gasteiger partial charge in [0, 0.05) is 13.0 Å². The molecule has 0 bridgehead atoms. The van der Waals surface area contributed by atoms with E-state index in [0.29, 0.717) is 13.0 Å². The molecule has 0 aromatic carbocycles. The topological polar surface area (TPSA) is 29.5 Å². The minimum Gasteiger partial charge on any atom is -0.466 e. The molecule has 0 aliphatic heterocycles. The van der Waals surface area contributed by atoms with E-state index in [4.69, 9.17) is 4.74 Å². The predicted molar refractivity (Wildman–Crippen MR) is 171 cm³/mol. The predicted octanol–water partition coefficient (Wildman–Crippen LogP) is 11.1. The van der Waals surface area contributed by atoms with Crippen LogP contribution in [0, 0.1) is 17.8 Å². The summed E-state index contributed by atoms with van der Waals surface area (Å²) in [6.07, 6.45) is 35.9. The van der Waals surface area contributed by atoms with Crippen LogP contribution in [0.3, 0.4) is 0 Å². The Kier molecular flexibility index (Phi) is 24.6. The van der Waals surface area contributed by atoms with Crippen molar-refractivity contribution < 1.29 is 9.53 Å². The Morgan fingerprint density at radius 1 is 0.641 bits per heavy atom. The SMILES string of the molecule is CCCCCCCCCC(CCCCCCCCCCC1CC1CCCCCCCC(=O)OCC)CN(C)C. The third-order valence-corrected chi connectivity index (χ3v) is 9.11. The molecule has 0 aromatic rings. The summed E-state index contributed by atoms with van der Waals surface area (Å²) in [5, 5.41) is 0. The highest BCUT2D eigenvalue weighted by Crippen LogP contribution is 2.45. The second-order valence-electron chi connectivity index (χ2n) is 13.3. The van der Waals surface area contributed by atoms with Crippen LogP contribution in [0.1, 0.15) is 181 Å². The summed E-state index contributed by atoms with van der Waals surface area (Å²) in [6, 6.07) is 0. The van der Waals surface area contributed by atoms with E-state index in [1.807, 2.05) is 6.92 Å². The number of carbonyl (C=O) groups excluding carboxylic acids is 1. The van der Waals surface area contributed by atoms with Crippen molar-refractivity contribution in [3.8, 4) is 0 Å². The molecule has 1 saturated carbocycles. The summed E-state index contributed by atoms with van der Waals surface area (Å²) < 4.78 is 4.99. The van der Waals surface area contributed by atoms with Crippen molar-refractivity contribution in [1.82, 2.24) is 4.90 Å². The van der Waals surface area contributed by atoms with Gasteiger partial charge in [0.1, 0.15) is 0 Å². The maximum absolute atomic E-state index is 11.3. The fourth-order valence-corrected chi connectivity index (χ4v) is 6.59. The zero-order chi connectivity index (χ0) is 28.4. The molecule has 39 heavy (non-hydrogen) atoms. The van der Waals surface area contributed by atoms with Gasteiger partial charge in [-0.15, -0.1) is 0 Å². The molecule has 3 heteroatoms. The summed E-state index contributed by atoms with van der Waals surface area (Å²) in [7, 11) is 4.50. The van der Waals surface area contributed by atoms with Crippen LogP contribution in [0.2, 0.25) is 0 Å². The van der Waals surface area contributed by atoms with E-state index in [1.54, 1.807) is 0 Å². The highest BCUT2D eigenvalue weighted by atomic mass is 16.5. The van der Waals surface area contributed by atoms with Gasteiger partial charge in [0.25, 0.3) is 0 Å². The lowest BCUT2D eigenvalue weighted by molar-refractivity contribution is -0.143. The van der Waals surface area contributed by atoms with Gasteiger partial charge < -0.3 is 9.64 Å². The van der Waals surface area contributed by atoms with Crippen molar-refractivity contribution in [1.29, 1.82) is 0 Å². The normalized spacial score (nSPS) is 17.6. The maximum atomic E-state index is 11.3. The van der Waals surface area contributed by atoms with E-state index in [-0.39, 0.29) is 5.97 Å². The summed E-state index contributed by atoms with van der Waals surface area (Å²) in [4.78, 5) is 13.8. The largest absolute Gasteiger partial charge is 0.466 e. The molecule has 0 amide bonds. The monoisotopic (exact) mass is 550 g/mol. The summed E-state index contributed by atoms with van der Waals surface area (Å²) in [5.41, 5.74) is 0. The van der Waals surface area contributed by atoms with E-state index in [1.165, 1.54) is 161 Å². The first-order chi connectivity index (χ1) is 19.1. The summed E-state index contributed by atoms with van der Waals surface area (Å²) >= 11 is 0. The molecule has 232 valence electrons. The smallest absolute Gasteiger partial charge is 0.305 e. The van der Waals surface area contributed by atoms with Crippen molar-refractivity contribution in [3.63, 3.8) is 0 Å². The van der Waals surface area contributed by atoms with Gasteiger partial charge in [0.15, 0.2) is 0 Å². The second-order valence-corrected chi connectivity index (χ2v) is 13.3. The lowest BCUT2D eigenvalue weighted by Gasteiger charge is -2.21. The first kappa shape index (κ1) is 36.5. The van der Waals surface area contributed by atoms with Gasteiger partial charge in [-0.3, -0.25) is 4.79 Å². The quantitative estimate of drug-likeness (QED) is 0.0659. The van der Waals surface area contributed by atoms with E-state index in [9.17, 15) is 4.79 Å². The molecule has 0 heterocycles. The molecule has 0 saturated heterocycles. The van der Waals surface area contributed by atoms with Gasteiger partial charge in [0.05, 0.1) is 6.61 Å². The van der Waals surface area contributed by atoms with Crippen molar-refractivity contribution in [3.05, 3.63) is 0 Å². The van der Waals surface area contributed by atoms with Crippen LogP contribution in [0.25, 0.3) is 0 Å². The zero-order valence-electron chi connectivity index (χ0n) is 27.3.